The van der Waals surface area contributed by atoms with Crippen LogP contribution in [-0.4, -0.2) is 34.4 Å². The van der Waals surface area contributed by atoms with Gasteiger partial charge >= 0.3 is 6.09 Å². The van der Waals surface area contributed by atoms with Crippen LogP contribution in [0.3, 0.4) is 0 Å². The average molecular weight is 511 g/mol. The Bertz CT molecular complexity index is 1120. The number of para-hydroxylation sites is 1. The van der Waals surface area contributed by atoms with Crippen molar-refractivity contribution in [3.8, 4) is 0 Å². The van der Waals surface area contributed by atoms with Crippen LogP contribution in [0.1, 0.15) is 37.1 Å². The van der Waals surface area contributed by atoms with Crippen molar-refractivity contribution in [1.29, 1.82) is 0 Å². The fourth-order valence-corrected chi connectivity index (χ4v) is 4.59. The van der Waals surface area contributed by atoms with Gasteiger partial charge in [-0.05, 0) is 67.0 Å². The molecule has 0 bridgehead atoms. The topological polar surface area (TPSA) is 96.4 Å². The molecule has 4 rings (SSSR count). The van der Waals surface area contributed by atoms with Crippen molar-refractivity contribution in [3.63, 3.8) is 0 Å². The van der Waals surface area contributed by atoms with Gasteiger partial charge < -0.3 is 10.6 Å². The maximum Gasteiger partial charge on any atom is 0.438 e. The molecule has 1 aromatic heterocycles. The highest BCUT2D eigenvalue weighted by Crippen LogP contribution is 2.30. The summed E-state index contributed by atoms with van der Waals surface area (Å²) in [7, 11) is 0. The van der Waals surface area contributed by atoms with Crippen molar-refractivity contribution >= 4 is 50.9 Å². The minimum Gasteiger partial charge on any atom is -0.369 e. The molecule has 8 heteroatoms. The molecular formula is C25H27BrN4O3. The second-order valence-corrected chi connectivity index (χ2v) is 9.29. The number of rotatable bonds is 7. The Balaban J connectivity index is 1.45. The van der Waals surface area contributed by atoms with Gasteiger partial charge in [-0.1, -0.05) is 52.7 Å². The predicted molar refractivity (Wildman–Crippen MR) is 134 cm³/mol. The minimum atomic E-state index is -0.800. The summed E-state index contributed by atoms with van der Waals surface area (Å²) in [6.07, 6.45) is 7.44. The summed E-state index contributed by atoms with van der Waals surface area (Å²) >= 11 is 3.46. The molecule has 172 valence electrons. The van der Waals surface area contributed by atoms with Gasteiger partial charge in [-0.25, -0.2) is 14.8 Å². The highest BCUT2D eigenvalue weighted by atomic mass is 79.9. The third kappa shape index (κ3) is 6.52. The van der Waals surface area contributed by atoms with Crippen LogP contribution in [0.5, 0.6) is 0 Å². The van der Waals surface area contributed by atoms with Crippen molar-refractivity contribution < 1.29 is 14.9 Å². The van der Waals surface area contributed by atoms with Gasteiger partial charge in [0.1, 0.15) is 5.82 Å². The molecule has 33 heavy (non-hydrogen) atoms. The summed E-state index contributed by atoms with van der Waals surface area (Å²) in [6, 6.07) is 16.1. The molecule has 0 aliphatic heterocycles. The highest BCUT2D eigenvalue weighted by Gasteiger charge is 2.23. The number of benzene rings is 2. The SMILES string of the molecule is O=C(NCC1CCCC(CNc2nc(/C=C/c3ccc(Br)cc3)nc3ccccc23)C1)OO. The molecule has 1 aliphatic rings. The zero-order valence-electron chi connectivity index (χ0n) is 18.2. The molecule has 0 spiro atoms. The average Bonchev–Trinajstić information content (AvgIpc) is 2.85. The summed E-state index contributed by atoms with van der Waals surface area (Å²) in [5.74, 6) is 2.34. The number of carbonyl (C=O) groups is 1. The molecule has 1 fully saturated rings. The molecule has 1 heterocycles. The molecule has 1 aliphatic carbocycles. The second-order valence-electron chi connectivity index (χ2n) is 8.37. The van der Waals surface area contributed by atoms with Crippen LogP contribution in [0.25, 0.3) is 23.1 Å². The van der Waals surface area contributed by atoms with E-state index in [0.717, 1.165) is 59.0 Å². The van der Waals surface area contributed by atoms with Gasteiger partial charge in [-0.3, -0.25) is 4.89 Å². The molecule has 2 unspecified atom stereocenters. The molecule has 0 radical (unpaired) electrons. The number of anilines is 1. The van der Waals surface area contributed by atoms with E-state index in [0.29, 0.717) is 24.2 Å². The Morgan fingerprint density at radius 1 is 1.06 bits per heavy atom. The fraction of sp³-hybridized carbons (Fsp3) is 0.320. The number of aromatic nitrogens is 2. The lowest BCUT2D eigenvalue weighted by atomic mass is 9.81. The standard InChI is InChI=1S/C25H27BrN4O3/c26-20-11-8-17(9-12-20)10-13-23-29-22-7-2-1-6-21(22)24(30-23)27-15-18-4-3-5-19(14-18)16-28-25(31)33-32/h1-2,6-13,18-19,32H,3-5,14-16H2,(H,28,31)(H,27,29,30)/b13-10+. The Kier molecular flexibility index (Phi) is 7.91. The van der Waals surface area contributed by atoms with Gasteiger partial charge in [-0.15, -0.1) is 0 Å². The smallest absolute Gasteiger partial charge is 0.369 e. The van der Waals surface area contributed by atoms with Gasteiger partial charge in [0.2, 0.25) is 0 Å². The number of hydrogen-bond acceptors (Lipinski definition) is 6. The molecule has 1 amide bonds. The maximum atomic E-state index is 11.1. The molecule has 7 nitrogen and oxygen atoms in total. The van der Waals surface area contributed by atoms with E-state index in [9.17, 15) is 4.79 Å². The number of carbonyl (C=O) groups excluding carboxylic acids is 1. The first-order valence-corrected chi connectivity index (χ1v) is 11.9. The molecule has 3 N–H and O–H groups in total. The normalized spacial score (nSPS) is 18.4. The van der Waals surface area contributed by atoms with Gasteiger partial charge in [0.25, 0.3) is 0 Å². The lowest BCUT2D eigenvalue weighted by molar-refractivity contribution is -0.178. The fourth-order valence-electron chi connectivity index (χ4n) is 4.32. The van der Waals surface area contributed by atoms with Gasteiger partial charge in [0, 0.05) is 22.9 Å². The van der Waals surface area contributed by atoms with Crippen LogP contribution in [0.15, 0.2) is 53.0 Å². The maximum absolute atomic E-state index is 11.1. The highest BCUT2D eigenvalue weighted by molar-refractivity contribution is 9.10. The molecule has 0 saturated heterocycles. The van der Waals surface area contributed by atoms with Crippen LogP contribution >= 0.6 is 15.9 Å². The zero-order valence-corrected chi connectivity index (χ0v) is 19.8. The van der Waals surface area contributed by atoms with E-state index in [2.05, 4.69) is 31.5 Å². The van der Waals surface area contributed by atoms with Gasteiger partial charge in [0.05, 0.1) is 5.52 Å². The lowest BCUT2D eigenvalue weighted by Gasteiger charge is -2.29. The van der Waals surface area contributed by atoms with Crippen LogP contribution in [0.4, 0.5) is 10.6 Å². The van der Waals surface area contributed by atoms with E-state index in [1.807, 2.05) is 60.7 Å². The van der Waals surface area contributed by atoms with E-state index < -0.39 is 6.09 Å². The van der Waals surface area contributed by atoms with Crippen LogP contribution in [0.2, 0.25) is 0 Å². The number of amides is 1. The number of fused-ring (bicyclic) bond motifs is 1. The van der Waals surface area contributed by atoms with Crippen molar-refractivity contribution in [2.45, 2.75) is 25.7 Å². The molecule has 1 saturated carbocycles. The van der Waals surface area contributed by atoms with Gasteiger partial charge in [-0.2, -0.15) is 5.26 Å². The van der Waals surface area contributed by atoms with E-state index in [1.54, 1.807) is 0 Å². The van der Waals surface area contributed by atoms with Gasteiger partial charge in [0.15, 0.2) is 5.82 Å². The van der Waals surface area contributed by atoms with Crippen LogP contribution < -0.4 is 10.6 Å². The number of nitrogens with one attached hydrogen (secondary N) is 2. The Hall–Kier alpha value is -2.97. The predicted octanol–water partition coefficient (Wildman–Crippen LogP) is 5.98. The first-order valence-electron chi connectivity index (χ1n) is 11.1. The Morgan fingerprint density at radius 2 is 1.82 bits per heavy atom. The van der Waals surface area contributed by atoms with E-state index in [-0.39, 0.29) is 0 Å². The number of halogens is 1. The lowest BCUT2D eigenvalue weighted by Crippen LogP contribution is -2.33. The largest absolute Gasteiger partial charge is 0.438 e. The summed E-state index contributed by atoms with van der Waals surface area (Å²) < 4.78 is 1.04. The third-order valence-corrected chi connectivity index (χ3v) is 6.51. The first-order chi connectivity index (χ1) is 16.1. The number of hydrogen-bond donors (Lipinski definition) is 3. The molecule has 2 atom stereocenters. The van der Waals surface area contributed by atoms with Crippen LogP contribution in [0, 0.1) is 11.8 Å². The van der Waals surface area contributed by atoms with Crippen molar-refractivity contribution in [1.82, 2.24) is 15.3 Å². The molecule has 2 aromatic carbocycles. The first kappa shape index (κ1) is 23.2. The van der Waals surface area contributed by atoms with E-state index in [4.69, 9.17) is 15.2 Å². The second kappa shape index (κ2) is 11.2. The third-order valence-electron chi connectivity index (χ3n) is 5.98. The van der Waals surface area contributed by atoms with Crippen molar-refractivity contribution in [2.75, 3.05) is 18.4 Å². The summed E-state index contributed by atoms with van der Waals surface area (Å²) in [6.45, 7) is 1.31. The Morgan fingerprint density at radius 3 is 2.61 bits per heavy atom. The Labute approximate surface area is 201 Å². The number of nitrogens with zero attached hydrogens (tertiary/aromatic N) is 2. The van der Waals surface area contributed by atoms with E-state index in [1.165, 1.54) is 0 Å². The molecular weight excluding hydrogens is 484 g/mol. The summed E-state index contributed by atoms with van der Waals surface area (Å²) in [5.41, 5.74) is 1.98. The summed E-state index contributed by atoms with van der Waals surface area (Å²) in [4.78, 5) is 24.3. The quantitative estimate of drug-likeness (QED) is 0.267. The van der Waals surface area contributed by atoms with Crippen molar-refractivity contribution in [2.24, 2.45) is 11.8 Å². The van der Waals surface area contributed by atoms with Crippen molar-refractivity contribution in [3.05, 3.63) is 64.4 Å². The van der Waals surface area contributed by atoms with E-state index >= 15 is 0 Å². The van der Waals surface area contributed by atoms with Crippen LogP contribution in [-0.2, 0) is 4.89 Å². The molecule has 3 aromatic rings. The zero-order chi connectivity index (χ0) is 23.0. The summed E-state index contributed by atoms with van der Waals surface area (Å²) in [5, 5.41) is 15.6. The monoisotopic (exact) mass is 510 g/mol. The minimum absolute atomic E-state index is 0.371.